The van der Waals surface area contributed by atoms with Crippen LogP contribution < -0.4 is 0 Å². The smallest absolute Gasteiger partial charge is 0.352 e. The third-order valence-corrected chi connectivity index (χ3v) is 4.66. The molecule has 3 rings (SSSR count). The molecule has 0 spiro atoms. The summed E-state index contributed by atoms with van der Waals surface area (Å²) in [7, 11) is 0. The number of aromatic amines is 1. The van der Waals surface area contributed by atoms with Crippen LogP contribution in [0, 0.1) is 0 Å². The van der Waals surface area contributed by atoms with Gasteiger partial charge in [0.2, 0.25) is 0 Å². The summed E-state index contributed by atoms with van der Waals surface area (Å²) in [4.78, 5) is 14.1. The Morgan fingerprint density at radius 2 is 2.05 bits per heavy atom. The summed E-state index contributed by atoms with van der Waals surface area (Å²) in [5.74, 6) is -0.426. The summed E-state index contributed by atoms with van der Waals surface area (Å²) in [6.45, 7) is 4.54. The highest BCUT2D eigenvalue weighted by Gasteiger charge is 2.32. The van der Waals surface area contributed by atoms with Gasteiger partial charge in [0.1, 0.15) is 5.69 Å². The Morgan fingerprint density at radius 1 is 1.33 bits per heavy atom. The molecule has 1 aromatic carbocycles. The van der Waals surface area contributed by atoms with Gasteiger partial charge in [0.15, 0.2) is 0 Å². The van der Waals surface area contributed by atoms with Gasteiger partial charge in [-0.15, -0.1) is 0 Å². The fraction of sp³-hybridized carbons (Fsp3) is 0.389. The monoisotopic (exact) mass is 283 g/mol. The molecule has 21 heavy (non-hydrogen) atoms. The molecule has 1 unspecified atom stereocenters. The summed E-state index contributed by atoms with van der Waals surface area (Å²) in [5, 5.41) is 9.11. The number of aromatic nitrogens is 1. The summed E-state index contributed by atoms with van der Waals surface area (Å²) < 4.78 is 0. The molecule has 0 amide bonds. The van der Waals surface area contributed by atoms with Crippen LogP contribution in [0.3, 0.4) is 0 Å². The largest absolute Gasteiger partial charge is 0.477 e. The normalized spacial score (nSPS) is 17.7. The molecule has 1 heterocycles. The molecule has 0 bridgehead atoms. The van der Waals surface area contributed by atoms with Crippen molar-refractivity contribution in [3.8, 4) is 0 Å². The average molecular weight is 283 g/mol. The number of fused-ring (bicyclic) bond motifs is 1. The van der Waals surface area contributed by atoms with E-state index >= 15 is 0 Å². The molecular weight excluding hydrogens is 262 g/mol. The van der Waals surface area contributed by atoms with Gasteiger partial charge < -0.3 is 10.1 Å². The van der Waals surface area contributed by atoms with Crippen molar-refractivity contribution >= 4 is 5.97 Å². The fourth-order valence-corrected chi connectivity index (χ4v) is 3.51. The quantitative estimate of drug-likeness (QED) is 0.887. The number of benzene rings is 1. The lowest BCUT2D eigenvalue weighted by Gasteiger charge is -2.28. The van der Waals surface area contributed by atoms with Crippen molar-refractivity contribution < 1.29 is 9.90 Å². The predicted molar refractivity (Wildman–Crippen MR) is 82.9 cm³/mol. The minimum Gasteiger partial charge on any atom is -0.477 e. The topological polar surface area (TPSA) is 53.1 Å². The standard InChI is InChI=1S/C18H21NO2/c1-18(2,13-6-4-3-5-7-13)11-12-8-9-15-14(12)10-16(19-15)17(20)21/h3-7,10,12,19H,8-9,11H2,1-2H3,(H,20,21). The molecular formula is C18H21NO2. The van der Waals surface area contributed by atoms with E-state index in [0.717, 1.165) is 25.0 Å². The molecule has 2 N–H and O–H groups in total. The fourth-order valence-electron chi connectivity index (χ4n) is 3.51. The van der Waals surface area contributed by atoms with Gasteiger partial charge in [-0.25, -0.2) is 4.79 Å². The third-order valence-electron chi connectivity index (χ3n) is 4.66. The van der Waals surface area contributed by atoms with Crippen molar-refractivity contribution in [2.75, 3.05) is 0 Å². The minimum atomic E-state index is -0.870. The number of aryl methyl sites for hydroxylation is 1. The Balaban J connectivity index is 1.83. The van der Waals surface area contributed by atoms with E-state index in [0.29, 0.717) is 11.6 Å². The van der Waals surface area contributed by atoms with Gasteiger partial charge in [-0.1, -0.05) is 44.2 Å². The lowest BCUT2D eigenvalue weighted by molar-refractivity contribution is 0.0691. The lowest BCUT2D eigenvalue weighted by Crippen LogP contribution is -2.20. The predicted octanol–water partition coefficient (Wildman–Crippen LogP) is 4.11. The van der Waals surface area contributed by atoms with E-state index in [-0.39, 0.29) is 5.41 Å². The van der Waals surface area contributed by atoms with Gasteiger partial charge in [-0.2, -0.15) is 0 Å². The zero-order chi connectivity index (χ0) is 15.0. The highest BCUT2D eigenvalue weighted by Crippen LogP contribution is 2.42. The van der Waals surface area contributed by atoms with Gasteiger partial charge in [0.25, 0.3) is 0 Å². The SMILES string of the molecule is CC(C)(CC1CCc2[nH]c(C(=O)O)cc21)c1ccccc1. The number of hydrogen-bond donors (Lipinski definition) is 2. The summed E-state index contributed by atoms with van der Waals surface area (Å²) in [6, 6.07) is 12.4. The number of nitrogens with one attached hydrogen (secondary N) is 1. The second-order valence-corrected chi connectivity index (χ2v) is 6.61. The van der Waals surface area contributed by atoms with Crippen LogP contribution in [0.25, 0.3) is 0 Å². The van der Waals surface area contributed by atoms with Crippen molar-refractivity contribution in [1.82, 2.24) is 4.98 Å². The van der Waals surface area contributed by atoms with Crippen molar-refractivity contribution in [3.63, 3.8) is 0 Å². The molecule has 1 aliphatic carbocycles. The molecule has 0 saturated carbocycles. The number of carbonyl (C=O) groups is 1. The Kier molecular flexibility index (Phi) is 3.36. The van der Waals surface area contributed by atoms with E-state index in [1.807, 2.05) is 12.1 Å². The van der Waals surface area contributed by atoms with Crippen molar-refractivity contribution in [2.24, 2.45) is 0 Å². The number of rotatable bonds is 4. The van der Waals surface area contributed by atoms with Gasteiger partial charge in [0.05, 0.1) is 0 Å². The van der Waals surface area contributed by atoms with Crippen LogP contribution in [-0.4, -0.2) is 16.1 Å². The maximum Gasteiger partial charge on any atom is 0.352 e. The number of aromatic carboxylic acids is 1. The van der Waals surface area contributed by atoms with Gasteiger partial charge in [0, 0.05) is 5.69 Å². The molecule has 1 aromatic heterocycles. The minimum absolute atomic E-state index is 0.0915. The van der Waals surface area contributed by atoms with Crippen LogP contribution in [0.1, 0.15) is 59.9 Å². The van der Waals surface area contributed by atoms with E-state index in [4.69, 9.17) is 5.11 Å². The highest BCUT2D eigenvalue weighted by molar-refractivity contribution is 5.86. The van der Waals surface area contributed by atoms with E-state index in [2.05, 4.69) is 43.1 Å². The number of H-pyrrole nitrogens is 1. The second kappa shape index (κ2) is 5.06. The van der Waals surface area contributed by atoms with Crippen LogP contribution in [0.4, 0.5) is 0 Å². The first-order chi connectivity index (χ1) is 9.97. The Hall–Kier alpha value is -2.03. The van der Waals surface area contributed by atoms with Crippen molar-refractivity contribution in [3.05, 3.63) is 58.9 Å². The van der Waals surface area contributed by atoms with E-state index in [1.165, 1.54) is 11.1 Å². The van der Waals surface area contributed by atoms with E-state index < -0.39 is 5.97 Å². The first-order valence-electron chi connectivity index (χ1n) is 7.48. The van der Waals surface area contributed by atoms with Crippen LogP contribution >= 0.6 is 0 Å². The van der Waals surface area contributed by atoms with Gasteiger partial charge in [-0.05, 0) is 47.8 Å². The van der Waals surface area contributed by atoms with Crippen LogP contribution in [-0.2, 0) is 11.8 Å². The van der Waals surface area contributed by atoms with Crippen LogP contribution in [0.5, 0.6) is 0 Å². The number of carboxylic acid groups (broad SMARTS) is 1. The highest BCUT2D eigenvalue weighted by atomic mass is 16.4. The third kappa shape index (κ3) is 2.60. The summed E-state index contributed by atoms with van der Waals surface area (Å²) in [6.07, 6.45) is 3.11. The molecule has 0 aliphatic heterocycles. The number of carboxylic acids is 1. The number of hydrogen-bond acceptors (Lipinski definition) is 1. The first-order valence-corrected chi connectivity index (χ1v) is 7.48. The Bertz CT molecular complexity index is 655. The van der Waals surface area contributed by atoms with Crippen molar-refractivity contribution in [1.29, 1.82) is 0 Å². The van der Waals surface area contributed by atoms with Crippen LogP contribution in [0.15, 0.2) is 36.4 Å². The zero-order valence-electron chi connectivity index (χ0n) is 12.5. The van der Waals surface area contributed by atoms with Gasteiger partial charge >= 0.3 is 5.97 Å². The average Bonchev–Trinajstić information content (AvgIpc) is 3.02. The molecule has 1 aliphatic rings. The summed E-state index contributed by atoms with van der Waals surface area (Å²) >= 11 is 0. The summed E-state index contributed by atoms with van der Waals surface area (Å²) in [5.41, 5.74) is 4.07. The molecule has 1 atom stereocenters. The van der Waals surface area contributed by atoms with E-state index in [9.17, 15) is 4.79 Å². The zero-order valence-corrected chi connectivity index (χ0v) is 12.5. The van der Waals surface area contributed by atoms with Crippen LogP contribution in [0.2, 0.25) is 0 Å². The molecule has 3 nitrogen and oxygen atoms in total. The maximum atomic E-state index is 11.1. The molecule has 110 valence electrons. The Morgan fingerprint density at radius 3 is 2.71 bits per heavy atom. The molecule has 3 heteroatoms. The first kappa shape index (κ1) is 13.9. The second-order valence-electron chi connectivity index (χ2n) is 6.61. The molecule has 0 radical (unpaired) electrons. The van der Waals surface area contributed by atoms with Gasteiger partial charge in [-0.3, -0.25) is 0 Å². The lowest BCUT2D eigenvalue weighted by atomic mass is 9.76. The van der Waals surface area contributed by atoms with Crippen molar-refractivity contribution in [2.45, 2.75) is 44.4 Å². The molecule has 2 aromatic rings. The molecule has 0 saturated heterocycles. The maximum absolute atomic E-state index is 11.1. The molecule has 0 fully saturated rings. The van der Waals surface area contributed by atoms with E-state index in [1.54, 1.807) is 0 Å². The Labute approximate surface area is 125 Å².